The smallest absolute Gasteiger partial charge is 0.259 e. The molecular weight excluding hydrogens is 311 g/mol. The van der Waals surface area contributed by atoms with Crippen molar-refractivity contribution in [3.8, 4) is 5.75 Å². The van der Waals surface area contributed by atoms with E-state index in [-0.39, 0.29) is 23.1 Å². The molecule has 1 amide bonds. The molecule has 6 heteroatoms. The van der Waals surface area contributed by atoms with Gasteiger partial charge in [-0.2, -0.15) is 0 Å². The van der Waals surface area contributed by atoms with Gasteiger partial charge in [0.1, 0.15) is 5.75 Å². The fourth-order valence-electron chi connectivity index (χ4n) is 1.64. The minimum Gasteiger partial charge on any atom is -0.441 e. The summed E-state index contributed by atoms with van der Waals surface area (Å²) in [5.74, 6) is -0.118. The van der Waals surface area contributed by atoms with Crippen LogP contribution in [0.1, 0.15) is 10.4 Å². The van der Waals surface area contributed by atoms with Crippen molar-refractivity contribution in [1.29, 1.82) is 0 Å². The molecule has 4 nitrogen and oxygen atoms in total. The predicted molar refractivity (Wildman–Crippen MR) is 84.8 cm³/mol. The van der Waals surface area contributed by atoms with Crippen molar-refractivity contribution in [3.05, 3.63) is 70.5 Å². The lowest BCUT2D eigenvalue weighted by molar-refractivity contribution is 0.102. The quantitative estimate of drug-likeness (QED) is 0.834. The van der Waals surface area contributed by atoms with Crippen LogP contribution in [0, 0.1) is 0 Å². The summed E-state index contributed by atoms with van der Waals surface area (Å²) in [6.07, 6.45) is 0. The van der Waals surface area contributed by atoms with Crippen LogP contribution in [0.2, 0.25) is 10.0 Å². The van der Waals surface area contributed by atoms with Gasteiger partial charge < -0.3 is 15.8 Å². The molecule has 0 aliphatic heterocycles. The lowest BCUT2D eigenvalue weighted by Crippen LogP contribution is -2.14. The van der Waals surface area contributed by atoms with Gasteiger partial charge in [-0.05, 0) is 49.0 Å². The van der Waals surface area contributed by atoms with E-state index in [1.807, 2.05) is 0 Å². The summed E-state index contributed by atoms with van der Waals surface area (Å²) in [6, 6.07) is 11.4. The van der Waals surface area contributed by atoms with Crippen LogP contribution in [-0.4, -0.2) is 5.91 Å². The van der Waals surface area contributed by atoms with E-state index in [1.165, 1.54) is 6.07 Å². The van der Waals surface area contributed by atoms with E-state index in [2.05, 4.69) is 11.9 Å². The molecule has 0 aromatic heterocycles. The van der Waals surface area contributed by atoms with Crippen LogP contribution in [0.15, 0.2) is 54.9 Å². The van der Waals surface area contributed by atoms with Crippen LogP contribution < -0.4 is 15.8 Å². The molecular formula is C15H12Cl2N2O2. The van der Waals surface area contributed by atoms with Gasteiger partial charge in [0.25, 0.3) is 5.91 Å². The predicted octanol–water partition coefficient (Wildman–Crippen LogP) is 4.05. The van der Waals surface area contributed by atoms with E-state index < -0.39 is 0 Å². The van der Waals surface area contributed by atoms with Crippen molar-refractivity contribution in [2.24, 2.45) is 5.73 Å². The molecule has 2 aromatic rings. The molecule has 0 unspecified atom stereocenters. The van der Waals surface area contributed by atoms with E-state index in [9.17, 15) is 4.79 Å². The molecule has 0 radical (unpaired) electrons. The first-order chi connectivity index (χ1) is 9.95. The summed E-state index contributed by atoms with van der Waals surface area (Å²) < 4.78 is 5.22. The van der Waals surface area contributed by atoms with Crippen molar-refractivity contribution in [2.45, 2.75) is 0 Å². The Bertz CT molecular complexity index is 685. The average molecular weight is 323 g/mol. The number of hydrogen-bond acceptors (Lipinski definition) is 3. The summed E-state index contributed by atoms with van der Waals surface area (Å²) >= 11 is 11.7. The van der Waals surface area contributed by atoms with E-state index in [0.717, 1.165) is 0 Å². The highest BCUT2D eigenvalue weighted by atomic mass is 35.5. The molecule has 21 heavy (non-hydrogen) atoms. The third-order valence-electron chi connectivity index (χ3n) is 2.53. The van der Waals surface area contributed by atoms with Gasteiger partial charge in [0.2, 0.25) is 0 Å². The van der Waals surface area contributed by atoms with Crippen LogP contribution in [-0.2, 0) is 0 Å². The number of anilines is 1. The zero-order chi connectivity index (χ0) is 15.4. The monoisotopic (exact) mass is 322 g/mol. The summed E-state index contributed by atoms with van der Waals surface area (Å²) in [7, 11) is 0. The number of amides is 1. The molecule has 0 aliphatic carbocycles. The maximum atomic E-state index is 12.3. The van der Waals surface area contributed by atoms with E-state index in [1.54, 1.807) is 36.4 Å². The second-order valence-corrected chi connectivity index (χ2v) is 5.04. The van der Waals surface area contributed by atoms with Crippen molar-refractivity contribution in [2.75, 3.05) is 5.32 Å². The molecule has 0 heterocycles. The third kappa shape index (κ3) is 4.15. The number of carbonyl (C=O) groups is 1. The first-order valence-electron chi connectivity index (χ1n) is 5.94. The Hall–Kier alpha value is -2.17. The van der Waals surface area contributed by atoms with Gasteiger partial charge in [-0.25, -0.2) is 0 Å². The Kier molecular flexibility index (Phi) is 4.73. The van der Waals surface area contributed by atoms with Crippen LogP contribution >= 0.6 is 23.2 Å². The van der Waals surface area contributed by atoms with Gasteiger partial charge in [-0.1, -0.05) is 23.2 Å². The van der Waals surface area contributed by atoms with Crippen molar-refractivity contribution < 1.29 is 9.53 Å². The number of ether oxygens (including phenoxy) is 1. The third-order valence-corrected chi connectivity index (χ3v) is 3.02. The standard InChI is InChI=1S/C15H12Cl2N2O2/c1-9(18)21-14-7-4-11(17)8-13(14)15(20)19-12-5-2-10(16)3-6-12/h2-8H,1,18H2,(H,19,20). The lowest BCUT2D eigenvalue weighted by Gasteiger charge is -2.11. The second-order valence-electron chi connectivity index (χ2n) is 4.17. The molecule has 0 bridgehead atoms. The van der Waals surface area contributed by atoms with Crippen molar-refractivity contribution in [1.82, 2.24) is 0 Å². The van der Waals surface area contributed by atoms with Crippen LogP contribution in [0.5, 0.6) is 5.75 Å². The average Bonchev–Trinajstić information content (AvgIpc) is 2.43. The first-order valence-corrected chi connectivity index (χ1v) is 6.70. The van der Waals surface area contributed by atoms with E-state index in [0.29, 0.717) is 15.7 Å². The summed E-state index contributed by atoms with van der Waals surface area (Å²) in [4.78, 5) is 12.3. The fraction of sp³-hybridized carbons (Fsp3) is 0. The Balaban J connectivity index is 2.27. The van der Waals surface area contributed by atoms with Gasteiger partial charge in [0.05, 0.1) is 5.56 Å². The second kappa shape index (κ2) is 6.52. The van der Waals surface area contributed by atoms with Gasteiger partial charge >= 0.3 is 0 Å². The molecule has 0 fully saturated rings. The maximum Gasteiger partial charge on any atom is 0.259 e. The molecule has 0 saturated heterocycles. The number of halogens is 2. The van der Waals surface area contributed by atoms with Crippen molar-refractivity contribution in [3.63, 3.8) is 0 Å². The van der Waals surface area contributed by atoms with Crippen LogP contribution in [0.3, 0.4) is 0 Å². The van der Waals surface area contributed by atoms with Crippen LogP contribution in [0.4, 0.5) is 5.69 Å². The normalized spacial score (nSPS) is 10.0. The summed E-state index contributed by atoms with van der Waals surface area (Å²) in [5, 5.41) is 3.71. The zero-order valence-corrected chi connectivity index (χ0v) is 12.4. The number of nitrogens with two attached hydrogens (primary N) is 1. The SMILES string of the molecule is C=C(N)Oc1ccc(Cl)cc1C(=O)Nc1ccc(Cl)cc1. The number of nitrogens with one attached hydrogen (secondary N) is 1. The molecule has 2 rings (SSSR count). The molecule has 108 valence electrons. The Morgan fingerprint density at radius 1 is 1.10 bits per heavy atom. The number of benzene rings is 2. The minimum absolute atomic E-state index is 0.0159. The van der Waals surface area contributed by atoms with Crippen molar-refractivity contribution >= 4 is 34.8 Å². The van der Waals surface area contributed by atoms with Gasteiger partial charge in [-0.3, -0.25) is 4.79 Å². The molecule has 3 N–H and O–H groups in total. The number of carbonyl (C=O) groups excluding carboxylic acids is 1. The topological polar surface area (TPSA) is 64.3 Å². The molecule has 0 spiro atoms. The lowest BCUT2D eigenvalue weighted by atomic mass is 10.2. The number of hydrogen-bond donors (Lipinski definition) is 2. The molecule has 0 aliphatic rings. The first kappa shape index (κ1) is 15.2. The zero-order valence-electron chi connectivity index (χ0n) is 10.9. The largest absolute Gasteiger partial charge is 0.441 e. The summed E-state index contributed by atoms with van der Waals surface area (Å²) in [6.45, 7) is 3.44. The highest BCUT2D eigenvalue weighted by molar-refractivity contribution is 6.31. The molecule has 2 aromatic carbocycles. The molecule has 0 atom stereocenters. The summed E-state index contributed by atoms with van der Waals surface area (Å²) in [5.41, 5.74) is 6.26. The number of rotatable bonds is 4. The highest BCUT2D eigenvalue weighted by Crippen LogP contribution is 2.25. The van der Waals surface area contributed by atoms with Gasteiger partial charge in [-0.15, -0.1) is 0 Å². The molecule has 0 saturated carbocycles. The highest BCUT2D eigenvalue weighted by Gasteiger charge is 2.14. The fourth-order valence-corrected chi connectivity index (χ4v) is 1.94. The van der Waals surface area contributed by atoms with Gasteiger partial charge in [0.15, 0.2) is 5.88 Å². The minimum atomic E-state index is -0.379. The van der Waals surface area contributed by atoms with E-state index in [4.69, 9.17) is 33.7 Å². The maximum absolute atomic E-state index is 12.3. The Morgan fingerprint density at radius 3 is 2.33 bits per heavy atom. The van der Waals surface area contributed by atoms with E-state index >= 15 is 0 Å². The Labute approximate surface area is 132 Å². The van der Waals surface area contributed by atoms with Crippen LogP contribution in [0.25, 0.3) is 0 Å². The van der Waals surface area contributed by atoms with Gasteiger partial charge in [0, 0.05) is 15.7 Å². The Morgan fingerprint density at radius 2 is 1.71 bits per heavy atom.